The minimum atomic E-state index is -0.0553. The van der Waals surface area contributed by atoms with Crippen molar-refractivity contribution < 1.29 is 9.32 Å². The van der Waals surface area contributed by atoms with Crippen molar-refractivity contribution in [1.29, 1.82) is 0 Å². The monoisotopic (exact) mass is 288 g/mol. The molecule has 3 rings (SSSR count). The van der Waals surface area contributed by atoms with Gasteiger partial charge in [0.15, 0.2) is 0 Å². The van der Waals surface area contributed by atoms with Crippen molar-refractivity contribution in [2.45, 2.75) is 39.2 Å². The maximum absolute atomic E-state index is 12.6. The second-order valence-electron chi connectivity index (χ2n) is 5.30. The van der Waals surface area contributed by atoms with E-state index in [0.717, 1.165) is 36.9 Å². The minimum absolute atomic E-state index is 0.0553. The number of rotatable bonds is 5. The summed E-state index contributed by atoms with van der Waals surface area (Å²) in [5.41, 5.74) is 1.98. The third-order valence-corrected chi connectivity index (χ3v) is 3.98. The summed E-state index contributed by atoms with van der Waals surface area (Å²) >= 11 is 0. The predicted octanol–water partition coefficient (Wildman–Crippen LogP) is 1.91. The van der Waals surface area contributed by atoms with Gasteiger partial charge in [0.2, 0.25) is 5.76 Å². The van der Waals surface area contributed by atoms with Gasteiger partial charge in [-0.15, -0.1) is 0 Å². The van der Waals surface area contributed by atoms with Crippen LogP contribution in [-0.4, -0.2) is 38.8 Å². The van der Waals surface area contributed by atoms with Crippen LogP contribution < -0.4 is 0 Å². The summed E-state index contributed by atoms with van der Waals surface area (Å²) in [6.07, 6.45) is 7.69. The zero-order valence-electron chi connectivity index (χ0n) is 12.3. The second-order valence-corrected chi connectivity index (χ2v) is 5.30. The van der Waals surface area contributed by atoms with Crippen LogP contribution in [-0.2, 0) is 19.4 Å². The van der Waals surface area contributed by atoms with Crippen LogP contribution in [0.3, 0.4) is 0 Å². The molecular weight excluding hydrogens is 268 g/mol. The molecule has 2 aromatic heterocycles. The Morgan fingerprint density at radius 3 is 3.05 bits per heavy atom. The fourth-order valence-corrected chi connectivity index (χ4v) is 2.76. The number of aromatic nitrogens is 3. The molecule has 0 fully saturated rings. The van der Waals surface area contributed by atoms with Crippen molar-refractivity contribution in [3.05, 3.63) is 35.5 Å². The molecule has 0 aromatic carbocycles. The van der Waals surface area contributed by atoms with E-state index in [1.165, 1.54) is 0 Å². The van der Waals surface area contributed by atoms with Crippen molar-refractivity contribution in [3.63, 3.8) is 0 Å². The number of hydrogen-bond acceptors (Lipinski definition) is 4. The summed E-state index contributed by atoms with van der Waals surface area (Å²) in [6, 6.07) is 1.88. The van der Waals surface area contributed by atoms with E-state index in [4.69, 9.17) is 4.52 Å². The zero-order chi connectivity index (χ0) is 14.7. The molecule has 1 aliphatic rings. The molecule has 0 aliphatic heterocycles. The number of fused-ring (bicyclic) bond motifs is 1. The molecule has 2 heterocycles. The normalized spacial score (nSPS) is 14.0. The first kappa shape index (κ1) is 13.9. The van der Waals surface area contributed by atoms with Gasteiger partial charge in [-0.2, -0.15) is 5.10 Å². The van der Waals surface area contributed by atoms with Gasteiger partial charge in [-0.3, -0.25) is 9.48 Å². The highest BCUT2D eigenvalue weighted by Gasteiger charge is 2.27. The molecule has 112 valence electrons. The lowest BCUT2D eigenvalue weighted by Crippen LogP contribution is -2.34. The smallest absolute Gasteiger partial charge is 0.292 e. The largest absolute Gasteiger partial charge is 0.350 e. The molecule has 0 saturated heterocycles. The highest BCUT2D eigenvalue weighted by atomic mass is 16.5. The van der Waals surface area contributed by atoms with Gasteiger partial charge in [0, 0.05) is 31.0 Å². The summed E-state index contributed by atoms with van der Waals surface area (Å²) in [5.74, 6) is 0.382. The van der Waals surface area contributed by atoms with E-state index in [1.807, 2.05) is 23.9 Å². The number of carbonyl (C=O) groups excluding carboxylic acids is 1. The van der Waals surface area contributed by atoms with Crippen LogP contribution in [0.4, 0.5) is 0 Å². The van der Waals surface area contributed by atoms with Gasteiger partial charge in [0.05, 0.1) is 12.2 Å². The molecule has 0 radical (unpaired) electrons. The number of nitrogens with zero attached hydrogens (tertiary/aromatic N) is 4. The molecule has 0 atom stereocenters. The topological polar surface area (TPSA) is 64.2 Å². The molecule has 0 saturated carbocycles. The first-order valence-corrected chi connectivity index (χ1v) is 7.53. The summed E-state index contributed by atoms with van der Waals surface area (Å²) in [4.78, 5) is 14.4. The van der Waals surface area contributed by atoms with E-state index in [-0.39, 0.29) is 5.91 Å². The lowest BCUT2D eigenvalue weighted by atomic mass is 9.96. The molecular formula is C15H20N4O2. The molecule has 6 nitrogen and oxygen atoms in total. The summed E-state index contributed by atoms with van der Waals surface area (Å²) in [5, 5.41) is 8.22. The fourth-order valence-electron chi connectivity index (χ4n) is 2.76. The quantitative estimate of drug-likeness (QED) is 0.843. The lowest BCUT2D eigenvalue weighted by molar-refractivity contribution is 0.0714. The first-order valence-electron chi connectivity index (χ1n) is 7.53. The van der Waals surface area contributed by atoms with Gasteiger partial charge in [0.25, 0.3) is 5.91 Å². The predicted molar refractivity (Wildman–Crippen MR) is 76.9 cm³/mol. The Labute approximate surface area is 123 Å². The van der Waals surface area contributed by atoms with Crippen molar-refractivity contribution in [2.24, 2.45) is 0 Å². The van der Waals surface area contributed by atoms with E-state index in [0.29, 0.717) is 25.4 Å². The van der Waals surface area contributed by atoms with Crippen LogP contribution in [0.15, 0.2) is 23.0 Å². The fraction of sp³-hybridized carbons (Fsp3) is 0.533. The van der Waals surface area contributed by atoms with Gasteiger partial charge in [-0.05, 0) is 38.7 Å². The van der Waals surface area contributed by atoms with Crippen molar-refractivity contribution in [3.8, 4) is 0 Å². The molecule has 21 heavy (non-hydrogen) atoms. The number of carbonyl (C=O) groups is 1. The van der Waals surface area contributed by atoms with E-state index in [1.54, 1.807) is 11.1 Å². The Kier molecular flexibility index (Phi) is 4.03. The standard InChI is InChI=1S/C15H20N4O2/c1-2-18(10-11-19-9-5-8-16-19)15(20)14-12-6-3-4-7-13(12)17-21-14/h5,8-9H,2-4,6-7,10-11H2,1H3. The molecule has 1 amide bonds. The molecule has 1 aliphatic carbocycles. The lowest BCUT2D eigenvalue weighted by Gasteiger charge is -2.20. The Morgan fingerprint density at radius 2 is 2.29 bits per heavy atom. The van der Waals surface area contributed by atoms with Crippen LogP contribution in [0.1, 0.15) is 41.6 Å². The minimum Gasteiger partial charge on any atom is -0.350 e. The average Bonchev–Trinajstić information content (AvgIpc) is 3.17. The van der Waals surface area contributed by atoms with Crippen molar-refractivity contribution >= 4 is 5.91 Å². The van der Waals surface area contributed by atoms with Crippen LogP contribution in [0.25, 0.3) is 0 Å². The molecule has 0 spiro atoms. The summed E-state index contributed by atoms with van der Waals surface area (Å²) in [6.45, 7) is 3.93. The van der Waals surface area contributed by atoms with Crippen LogP contribution in [0.2, 0.25) is 0 Å². The van der Waals surface area contributed by atoms with Gasteiger partial charge in [0.1, 0.15) is 0 Å². The van der Waals surface area contributed by atoms with E-state index in [9.17, 15) is 4.79 Å². The Morgan fingerprint density at radius 1 is 1.43 bits per heavy atom. The maximum Gasteiger partial charge on any atom is 0.292 e. The number of amides is 1. The third kappa shape index (κ3) is 2.84. The first-order chi connectivity index (χ1) is 10.3. The van der Waals surface area contributed by atoms with Crippen LogP contribution in [0, 0.1) is 0 Å². The van der Waals surface area contributed by atoms with E-state index >= 15 is 0 Å². The molecule has 6 heteroatoms. The van der Waals surface area contributed by atoms with Gasteiger partial charge >= 0.3 is 0 Å². The third-order valence-electron chi connectivity index (χ3n) is 3.98. The Bertz CT molecular complexity index is 603. The Balaban J connectivity index is 1.71. The highest BCUT2D eigenvalue weighted by molar-refractivity contribution is 5.93. The molecule has 0 bridgehead atoms. The average molecular weight is 288 g/mol. The molecule has 0 unspecified atom stereocenters. The highest BCUT2D eigenvalue weighted by Crippen LogP contribution is 2.24. The molecule has 0 N–H and O–H groups in total. The van der Waals surface area contributed by atoms with Crippen molar-refractivity contribution in [1.82, 2.24) is 19.8 Å². The van der Waals surface area contributed by atoms with Gasteiger partial charge in [-0.25, -0.2) is 0 Å². The number of aryl methyl sites for hydroxylation is 1. The summed E-state index contributed by atoms with van der Waals surface area (Å²) < 4.78 is 7.16. The summed E-state index contributed by atoms with van der Waals surface area (Å²) in [7, 11) is 0. The Hall–Kier alpha value is -2.11. The maximum atomic E-state index is 12.6. The second kappa shape index (κ2) is 6.11. The van der Waals surface area contributed by atoms with E-state index < -0.39 is 0 Å². The SMILES string of the molecule is CCN(CCn1cccn1)C(=O)c1onc2c1CCCC2. The van der Waals surface area contributed by atoms with Crippen molar-refractivity contribution in [2.75, 3.05) is 13.1 Å². The number of hydrogen-bond donors (Lipinski definition) is 0. The van der Waals surface area contributed by atoms with E-state index in [2.05, 4.69) is 10.3 Å². The molecule has 2 aromatic rings. The van der Waals surface area contributed by atoms with Crippen LogP contribution in [0.5, 0.6) is 0 Å². The van der Waals surface area contributed by atoms with Gasteiger partial charge < -0.3 is 9.42 Å². The van der Waals surface area contributed by atoms with Gasteiger partial charge in [-0.1, -0.05) is 5.16 Å². The van der Waals surface area contributed by atoms with Crippen LogP contribution >= 0.6 is 0 Å². The number of likely N-dealkylation sites (N-methyl/N-ethyl adjacent to an activating group) is 1. The zero-order valence-corrected chi connectivity index (χ0v) is 12.3.